The van der Waals surface area contributed by atoms with E-state index in [9.17, 15) is 9.59 Å². The highest BCUT2D eigenvalue weighted by atomic mass is 32.1. The summed E-state index contributed by atoms with van der Waals surface area (Å²) in [7, 11) is 0. The largest absolute Gasteiger partial charge is 0.460 e. The second-order valence-electron chi connectivity index (χ2n) is 7.60. The lowest BCUT2D eigenvalue weighted by atomic mass is 9.76. The van der Waals surface area contributed by atoms with Crippen LogP contribution in [-0.4, -0.2) is 50.5 Å². The fourth-order valence-electron chi connectivity index (χ4n) is 4.29. The van der Waals surface area contributed by atoms with E-state index in [0.29, 0.717) is 44.5 Å². The first-order chi connectivity index (χ1) is 13.6. The van der Waals surface area contributed by atoms with Crippen molar-refractivity contribution >= 4 is 33.4 Å². The number of imidazole rings is 1. The van der Waals surface area contributed by atoms with Crippen molar-refractivity contribution in [1.82, 2.24) is 19.4 Å². The molecule has 2 aliphatic rings. The molecule has 3 aromatic rings. The molecule has 5 rings (SSSR count). The van der Waals surface area contributed by atoms with Gasteiger partial charge in [-0.15, -0.1) is 11.3 Å². The van der Waals surface area contributed by atoms with Gasteiger partial charge in [0.1, 0.15) is 6.10 Å². The molecule has 144 valence electrons. The van der Waals surface area contributed by atoms with Crippen LogP contribution in [0.4, 0.5) is 0 Å². The molecule has 8 heteroatoms. The van der Waals surface area contributed by atoms with Gasteiger partial charge in [-0.25, -0.2) is 9.97 Å². The van der Waals surface area contributed by atoms with E-state index >= 15 is 0 Å². The molecule has 1 amide bonds. The number of hydrogen-bond donors (Lipinski definition) is 0. The first-order valence-corrected chi connectivity index (χ1v) is 10.3. The Morgan fingerprint density at radius 2 is 2.18 bits per heavy atom. The van der Waals surface area contributed by atoms with E-state index in [4.69, 9.17) is 4.74 Å². The standard InChI is InChI=1S/C20H20N4O3S/c25-18(14-1-2-17-16(9-14)22-13-28-17)24-6-3-20(4-7-24)10-15(27-19(20)26)11-23-8-5-21-12-23/h1-2,5,8-9,12-13,15H,3-4,6-7,10-11H2. The number of ether oxygens (including phenoxy) is 1. The first kappa shape index (κ1) is 17.4. The third-order valence-corrected chi connectivity index (χ3v) is 6.69. The van der Waals surface area contributed by atoms with E-state index in [1.165, 1.54) is 0 Å². The zero-order chi connectivity index (χ0) is 19.1. The number of carbonyl (C=O) groups excluding carboxylic acids is 2. The molecule has 0 radical (unpaired) electrons. The smallest absolute Gasteiger partial charge is 0.312 e. The number of nitrogens with zero attached hydrogens (tertiary/aromatic N) is 4. The van der Waals surface area contributed by atoms with Gasteiger partial charge in [0.25, 0.3) is 5.91 Å². The van der Waals surface area contributed by atoms with Crippen LogP contribution < -0.4 is 0 Å². The molecule has 2 aliphatic heterocycles. The maximum Gasteiger partial charge on any atom is 0.312 e. The topological polar surface area (TPSA) is 77.3 Å². The molecule has 0 N–H and O–H groups in total. The van der Waals surface area contributed by atoms with Crippen LogP contribution >= 0.6 is 11.3 Å². The molecule has 1 spiro atoms. The number of esters is 1. The first-order valence-electron chi connectivity index (χ1n) is 9.42. The van der Waals surface area contributed by atoms with E-state index < -0.39 is 5.41 Å². The lowest BCUT2D eigenvalue weighted by Crippen LogP contribution is -2.45. The molecule has 1 aromatic carbocycles. The highest BCUT2D eigenvalue weighted by Crippen LogP contribution is 2.43. The summed E-state index contributed by atoms with van der Waals surface area (Å²) in [5.41, 5.74) is 2.84. The highest BCUT2D eigenvalue weighted by Gasteiger charge is 2.50. The summed E-state index contributed by atoms with van der Waals surface area (Å²) in [5.74, 6) is -0.111. The molecule has 1 unspecified atom stereocenters. The van der Waals surface area contributed by atoms with Gasteiger partial charge in [-0.3, -0.25) is 9.59 Å². The van der Waals surface area contributed by atoms with E-state index in [-0.39, 0.29) is 18.0 Å². The van der Waals surface area contributed by atoms with Crippen LogP contribution in [0, 0.1) is 5.41 Å². The summed E-state index contributed by atoms with van der Waals surface area (Å²) in [6.07, 6.45) is 7.21. The number of piperidine rings is 1. The number of carbonyl (C=O) groups is 2. The van der Waals surface area contributed by atoms with Gasteiger partial charge in [0.15, 0.2) is 0 Å². The molecule has 2 fully saturated rings. The predicted molar refractivity (Wildman–Crippen MR) is 104 cm³/mol. The fraction of sp³-hybridized carbons (Fsp3) is 0.400. The average molecular weight is 396 g/mol. The lowest BCUT2D eigenvalue weighted by molar-refractivity contribution is -0.150. The minimum absolute atomic E-state index is 0.00563. The molecular formula is C20H20N4O3S. The van der Waals surface area contributed by atoms with E-state index in [1.54, 1.807) is 29.4 Å². The Kier molecular flexibility index (Phi) is 4.16. The van der Waals surface area contributed by atoms with Crippen LogP contribution in [0.2, 0.25) is 0 Å². The van der Waals surface area contributed by atoms with Crippen LogP contribution in [-0.2, 0) is 16.1 Å². The Balaban J connectivity index is 1.25. The zero-order valence-electron chi connectivity index (χ0n) is 15.3. The summed E-state index contributed by atoms with van der Waals surface area (Å²) in [5, 5.41) is 0. The Bertz CT molecular complexity index is 1020. The van der Waals surface area contributed by atoms with Gasteiger partial charge in [-0.1, -0.05) is 0 Å². The van der Waals surface area contributed by atoms with Crippen molar-refractivity contribution in [1.29, 1.82) is 0 Å². The number of likely N-dealkylation sites (tertiary alicyclic amines) is 1. The Hall–Kier alpha value is -2.74. The van der Waals surface area contributed by atoms with Crippen LogP contribution in [0.25, 0.3) is 10.2 Å². The van der Waals surface area contributed by atoms with Crippen molar-refractivity contribution in [2.45, 2.75) is 31.9 Å². The van der Waals surface area contributed by atoms with Crippen LogP contribution in [0.3, 0.4) is 0 Å². The van der Waals surface area contributed by atoms with E-state index in [1.807, 2.05) is 33.9 Å². The SMILES string of the molecule is O=C(c1ccc2scnc2c1)N1CCC2(CC1)CC(Cn1ccnc1)OC2=O. The molecule has 4 heterocycles. The number of aromatic nitrogens is 3. The van der Waals surface area contributed by atoms with Crippen molar-refractivity contribution in [3.8, 4) is 0 Å². The van der Waals surface area contributed by atoms with Gasteiger partial charge in [0.05, 0.1) is 34.0 Å². The van der Waals surface area contributed by atoms with E-state index in [0.717, 1.165) is 10.2 Å². The third kappa shape index (κ3) is 2.97. The monoisotopic (exact) mass is 396 g/mol. The Morgan fingerprint density at radius 3 is 2.96 bits per heavy atom. The van der Waals surface area contributed by atoms with Gasteiger partial charge in [0.2, 0.25) is 0 Å². The van der Waals surface area contributed by atoms with Crippen molar-refractivity contribution in [2.24, 2.45) is 5.41 Å². The van der Waals surface area contributed by atoms with Gasteiger partial charge >= 0.3 is 5.97 Å². The number of thiazole rings is 1. The molecule has 1 atom stereocenters. The number of benzene rings is 1. The number of hydrogen-bond acceptors (Lipinski definition) is 6. The number of amides is 1. The summed E-state index contributed by atoms with van der Waals surface area (Å²) in [6.45, 7) is 1.77. The zero-order valence-corrected chi connectivity index (χ0v) is 16.1. The van der Waals surface area contributed by atoms with Crippen LogP contribution in [0.5, 0.6) is 0 Å². The maximum atomic E-state index is 12.9. The highest BCUT2D eigenvalue weighted by molar-refractivity contribution is 7.16. The summed E-state index contributed by atoms with van der Waals surface area (Å²) in [6, 6.07) is 5.66. The molecule has 2 aromatic heterocycles. The third-order valence-electron chi connectivity index (χ3n) is 5.88. The second kappa shape index (κ2) is 6.70. The van der Waals surface area contributed by atoms with Crippen molar-refractivity contribution in [3.05, 3.63) is 48.0 Å². The normalized spacial score (nSPS) is 21.4. The Morgan fingerprint density at radius 1 is 1.32 bits per heavy atom. The fourth-order valence-corrected chi connectivity index (χ4v) is 4.95. The van der Waals surface area contributed by atoms with Gasteiger partial charge in [-0.05, 0) is 31.0 Å². The van der Waals surface area contributed by atoms with Gasteiger partial charge < -0.3 is 14.2 Å². The average Bonchev–Trinajstić information content (AvgIpc) is 3.43. The van der Waals surface area contributed by atoms with Crippen molar-refractivity contribution < 1.29 is 14.3 Å². The minimum Gasteiger partial charge on any atom is -0.460 e. The van der Waals surface area contributed by atoms with E-state index in [2.05, 4.69) is 9.97 Å². The molecule has 2 saturated heterocycles. The lowest BCUT2D eigenvalue weighted by Gasteiger charge is -2.36. The molecule has 28 heavy (non-hydrogen) atoms. The number of rotatable bonds is 3. The molecule has 0 aliphatic carbocycles. The second-order valence-corrected chi connectivity index (χ2v) is 8.48. The van der Waals surface area contributed by atoms with Gasteiger partial charge in [0, 0.05) is 37.5 Å². The minimum atomic E-state index is -0.457. The number of fused-ring (bicyclic) bond motifs is 1. The van der Waals surface area contributed by atoms with Gasteiger partial charge in [-0.2, -0.15) is 0 Å². The molecular weight excluding hydrogens is 376 g/mol. The quantitative estimate of drug-likeness (QED) is 0.636. The van der Waals surface area contributed by atoms with Crippen molar-refractivity contribution in [3.63, 3.8) is 0 Å². The van der Waals surface area contributed by atoms with Crippen LogP contribution in [0.15, 0.2) is 42.4 Å². The maximum absolute atomic E-state index is 12.9. The molecule has 0 bridgehead atoms. The molecule has 0 saturated carbocycles. The van der Waals surface area contributed by atoms with Crippen molar-refractivity contribution in [2.75, 3.05) is 13.1 Å². The summed E-state index contributed by atoms with van der Waals surface area (Å²) < 4.78 is 8.66. The summed E-state index contributed by atoms with van der Waals surface area (Å²) in [4.78, 5) is 35.7. The van der Waals surface area contributed by atoms with Crippen LogP contribution in [0.1, 0.15) is 29.6 Å². The summed E-state index contributed by atoms with van der Waals surface area (Å²) >= 11 is 1.56. The Labute approximate surface area is 166 Å². The predicted octanol–water partition coefficient (Wildman–Crippen LogP) is 2.73. The molecule has 7 nitrogen and oxygen atoms in total. The number of cyclic esters (lactones) is 1.